The molecule has 0 atom stereocenters. The number of carbonyl (C=O) groups excluding carboxylic acids is 1. The largest absolute Gasteiger partial charge is 0.364 e. The average Bonchev–Trinajstić information content (AvgIpc) is 2.59. The molecule has 0 N–H and O–H groups in total. The smallest absolute Gasteiger partial charge is 0.215 e. The minimum Gasteiger partial charge on any atom is -0.364 e. The quantitative estimate of drug-likeness (QED) is 0.621. The van der Waals surface area contributed by atoms with Gasteiger partial charge in [0.25, 0.3) is 0 Å². The van der Waals surface area contributed by atoms with Gasteiger partial charge in [-0.1, -0.05) is 14.9 Å². The van der Waals surface area contributed by atoms with Crippen LogP contribution < -0.4 is 0 Å². The van der Waals surface area contributed by atoms with Crippen molar-refractivity contribution in [2.45, 2.75) is 0 Å². The number of hydrogen-bond donors (Lipinski definition) is 0. The first-order valence-electron chi connectivity index (χ1n) is 3.91. The van der Waals surface area contributed by atoms with Crippen molar-refractivity contribution in [2.75, 3.05) is 0 Å². The van der Waals surface area contributed by atoms with E-state index in [9.17, 15) is 4.79 Å². The Hall–Kier alpha value is -1.26. The number of ketones is 1. The number of aromatic nitrogens is 1. The molecule has 2 heterocycles. The number of nitrogens with zero attached hydrogens (tertiary/aromatic N) is 1. The van der Waals surface area contributed by atoms with E-state index in [2.05, 4.69) is 13.3 Å². The van der Waals surface area contributed by atoms with Gasteiger partial charge < -0.3 is 4.52 Å². The Balaban J connectivity index is 2.33. The molecule has 1 aromatic heterocycles. The summed E-state index contributed by atoms with van der Waals surface area (Å²) in [6, 6.07) is 1.56. The summed E-state index contributed by atoms with van der Waals surface area (Å²) in [5, 5.41) is 3.59. The lowest BCUT2D eigenvalue weighted by Gasteiger charge is -1.93. The maximum atomic E-state index is 11.7. The van der Waals surface area contributed by atoms with E-state index in [4.69, 9.17) is 0 Å². The van der Waals surface area contributed by atoms with Gasteiger partial charge in [-0.2, -0.15) is 0 Å². The van der Waals surface area contributed by atoms with Crippen molar-refractivity contribution in [3.8, 4) is 0 Å². The van der Waals surface area contributed by atoms with Crippen LogP contribution in [-0.2, 0) is 0 Å². The Morgan fingerprint density at radius 1 is 1.57 bits per heavy atom. The van der Waals surface area contributed by atoms with Crippen LogP contribution in [0.15, 0.2) is 44.7 Å². The van der Waals surface area contributed by atoms with Crippen LogP contribution in [0.3, 0.4) is 0 Å². The highest BCUT2D eigenvalue weighted by Gasteiger charge is 2.12. The van der Waals surface area contributed by atoms with E-state index in [-0.39, 0.29) is 26.5 Å². The third-order valence-electron chi connectivity index (χ3n) is 1.62. The molecule has 0 radical (unpaired) electrons. The molecule has 70 valence electrons. The normalized spacial score (nSPS) is 14.4. The minimum atomic E-state index is -0.158. The van der Waals surface area contributed by atoms with Gasteiger partial charge in [-0.25, -0.2) is 0 Å². The predicted molar refractivity (Wildman–Crippen MR) is 61.7 cm³/mol. The molecule has 1 aliphatic rings. The fourth-order valence-corrected chi connectivity index (χ4v) is 2.11. The summed E-state index contributed by atoms with van der Waals surface area (Å²) in [4.78, 5) is 11.7. The average molecular weight is 299 g/mol. The third-order valence-corrected chi connectivity index (χ3v) is 3.06. The number of allylic oxidation sites excluding steroid dienone is 4. The first kappa shape index (κ1) is 9.30. The summed E-state index contributed by atoms with van der Waals surface area (Å²) in [5.41, 5.74) is 0.940. The highest BCUT2D eigenvalue weighted by molar-refractivity contribution is 14.2. The number of hydrogen-bond acceptors (Lipinski definition) is 3. The second kappa shape index (κ2) is 4.30. The Morgan fingerprint density at radius 2 is 2.50 bits per heavy atom. The second-order valence-corrected chi connectivity index (χ2v) is 4.48. The Labute approximate surface area is 90.5 Å². The summed E-state index contributed by atoms with van der Waals surface area (Å²) in [5.74, 6) is -0.123. The molecule has 4 heteroatoms. The van der Waals surface area contributed by atoms with Crippen LogP contribution in [0.5, 0.6) is 0 Å². The van der Waals surface area contributed by atoms with Gasteiger partial charge in [0.2, 0.25) is 5.78 Å². The fourth-order valence-electron chi connectivity index (χ4n) is 0.970. The van der Waals surface area contributed by atoms with Gasteiger partial charge in [0, 0.05) is 11.6 Å². The van der Waals surface area contributed by atoms with E-state index in [1.807, 2.05) is 10.2 Å². The zero-order valence-electron chi connectivity index (χ0n) is 7.11. The number of Topliss-reactive ketones (excluding diaryl/α,β-unsaturated/α-hetero) is 1. The van der Waals surface area contributed by atoms with Crippen molar-refractivity contribution in [3.63, 3.8) is 0 Å². The highest BCUT2D eigenvalue weighted by atomic mass is 127. The summed E-state index contributed by atoms with van der Waals surface area (Å²) in [7, 11) is 0. The molecular formula is C10H6INO2. The first-order valence-corrected chi connectivity index (χ1v) is 6.23. The van der Waals surface area contributed by atoms with Crippen molar-refractivity contribution in [1.82, 2.24) is 5.16 Å². The zero-order valence-corrected chi connectivity index (χ0v) is 9.26. The molecule has 2 rings (SSSR count). The molecule has 0 aromatic carbocycles. The van der Waals surface area contributed by atoms with E-state index in [0.717, 1.165) is 0 Å². The maximum Gasteiger partial charge on any atom is 0.215 e. The molecule has 1 aromatic rings. The molecule has 0 amide bonds. The first-order chi connectivity index (χ1) is 6.88. The van der Waals surface area contributed by atoms with Crippen LogP contribution in [0.4, 0.5) is 0 Å². The van der Waals surface area contributed by atoms with Crippen molar-refractivity contribution in [2.24, 2.45) is 0 Å². The Morgan fingerprint density at radius 3 is 3.29 bits per heavy atom. The topological polar surface area (TPSA) is 43.1 Å². The molecule has 0 fully saturated rings. The van der Waals surface area contributed by atoms with E-state index >= 15 is 0 Å². The van der Waals surface area contributed by atoms with E-state index in [1.54, 1.807) is 18.2 Å². The monoisotopic (exact) mass is 299 g/mol. The second-order valence-electron chi connectivity index (χ2n) is 2.52. The molecule has 0 unspecified atom stereocenters. The number of halogens is 1. The van der Waals surface area contributed by atoms with Crippen LogP contribution >= 0.6 is 20.7 Å². The van der Waals surface area contributed by atoms with E-state index in [1.165, 1.54) is 6.26 Å². The van der Waals surface area contributed by atoms with E-state index in [0.29, 0.717) is 11.3 Å². The van der Waals surface area contributed by atoms with E-state index < -0.39 is 0 Å². The van der Waals surface area contributed by atoms with Gasteiger partial charge in [0.15, 0.2) is 5.69 Å². The van der Waals surface area contributed by atoms with Crippen LogP contribution in [0.25, 0.3) is 0 Å². The van der Waals surface area contributed by atoms with Crippen molar-refractivity contribution in [3.05, 3.63) is 45.9 Å². The Bertz CT molecular complexity index is 462. The summed E-state index contributed by atoms with van der Waals surface area (Å²) >= 11 is -0.158. The molecule has 0 saturated heterocycles. The van der Waals surface area contributed by atoms with Crippen LogP contribution in [-0.4, -0.2) is 14.6 Å². The van der Waals surface area contributed by atoms with Crippen molar-refractivity contribution < 1.29 is 9.32 Å². The molecular weight excluding hydrogens is 293 g/mol. The molecule has 0 bridgehead atoms. The van der Waals surface area contributed by atoms with Gasteiger partial charge in [-0.15, -0.1) is 0 Å². The standard InChI is InChI=1S/C10H6INO2/c13-10(9-4-7-14-12-9)8-2-1-5-11-6-3-8/h1-5,7H. The minimum absolute atomic E-state index is 0.123. The molecule has 1 aliphatic heterocycles. The summed E-state index contributed by atoms with van der Waals surface area (Å²) < 4.78 is 9.75. The van der Waals surface area contributed by atoms with Crippen molar-refractivity contribution in [1.29, 1.82) is 0 Å². The molecule has 3 nitrogen and oxygen atoms in total. The highest BCUT2D eigenvalue weighted by Crippen LogP contribution is 2.10. The van der Waals surface area contributed by atoms with Crippen LogP contribution in [0.1, 0.15) is 10.5 Å². The maximum absolute atomic E-state index is 11.7. The van der Waals surface area contributed by atoms with Gasteiger partial charge in [-0.05, 0) is 37.0 Å². The van der Waals surface area contributed by atoms with Crippen molar-refractivity contribution >= 4 is 30.2 Å². The lowest BCUT2D eigenvalue weighted by molar-refractivity contribution is 0.103. The molecule has 0 saturated carbocycles. The summed E-state index contributed by atoms with van der Waals surface area (Å²) in [6.45, 7) is 0. The van der Waals surface area contributed by atoms with Gasteiger partial charge in [-0.3, -0.25) is 4.79 Å². The van der Waals surface area contributed by atoms with Gasteiger partial charge in [0.05, 0.1) is 0 Å². The fraction of sp³-hybridized carbons (Fsp3) is 0. The lowest BCUT2D eigenvalue weighted by Crippen LogP contribution is -2.01. The lowest BCUT2D eigenvalue weighted by atomic mass is 10.1. The van der Waals surface area contributed by atoms with Crippen LogP contribution in [0, 0.1) is 0 Å². The zero-order chi connectivity index (χ0) is 9.80. The van der Waals surface area contributed by atoms with Crippen LogP contribution in [0.2, 0.25) is 0 Å². The van der Waals surface area contributed by atoms with Gasteiger partial charge >= 0.3 is 0 Å². The Kier molecular flexibility index (Phi) is 2.86. The molecule has 14 heavy (non-hydrogen) atoms. The molecule has 0 spiro atoms. The number of rotatable bonds is 2. The SMILES string of the molecule is O=C(C1=CC=CI=C=C1)c1ccon1. The summed E-state index contributed by atoms with van der Waals surface area (Å²) in [6.07, 6.45) is 6.78. The predicted octanol–water partition coefficient (Wildman–Crippen LogP) is 2.24. The molecule has 0 aliphatic carbocycles. The number of carbonyl (C=O) groups is 1. The van der Waals surface area contributed by atoms with Gasteiger partial charge in [0.1, 0.15) is 6.26 Å². The third kappa shape index (κ3) is 1.97.